The average molecular weight is 407 g/mol. The molecule has 1 saturated heterocycles. The fourth-order valence-electron chi connectivity index (χ4n) is 3.28. The molecule has 2 aromatic heterocycles. The van der Waals surface area contributed by atoms with Crippen LogP contribution in [-0.4, -0.2) is 49.7 Å². The number of carbonyl (C=O) groups is 1. The van der Waals surface area contributed by atoms with Crippen molar-refractivity contribution >= 4 is 23.5 Å². The Bertz CT molecular complexity index is 824. The summed E-state index contributed by atoms with van der Waals surface area (Å²) in [6, 6.07) is 1.69. The molecule has 8 nitrogen and oxygen atoms in total. The number of aromatic nitrogens is 4. The molecule has 0 bridgehead atoms. The highest BCUT2D eigenvalue weighted by Gasteiger charge is 2.26. The molecule has 0 spiro atoms. The molecule has 9 heteroatoms. The lowest BCUT2D eigenvalue weighted by Crippen LogP contribution is -2.41. The van der Waals surface area contributed by atoms with Crippen LogP contribution in [0.2, 0.25) is 5.15 Å². The van der Waals surface area contributed by atoms with Crippen molar-refractivity contribution in [2.45, 2.75) is 52.2 Å². The van der Waals surface area contributed by atoms with Gasteiger partial charge in [0, 0.05) is 37.0 Å². The summed E-state index contributed by atoms with van der Waals surface area (Å²) in [6.07, 6.45) is 6.45. The molecule has 0 unspecified atom stereocenters. The van der Waals surface area contributed by atoms with E-state index >= 15 is 0 Å². The third kappa shape index (κ3) is 5.34. The van der Waals surface area contributed by atoms with E-state index in [0.717, 1.165) is 50.0 Å². The molecule has 2 N–H and O–H groups in total. The van der Waals surface area contributed by atoms with E-state index in [4.69, 9.17) is 22.1 Å². The van der Waals surface area contributed by atoms with E-state index < -0.39 is 5.60 Å². The highest BCUT2D eigenvalue weighted by atomic mass is 35.5. The Balaban J connectivity index is 1.49. The zero-order valence-corrected chi connectivity index (χ0v) is 17.3. The van der Waals surface area contributed by atoms with Crippen molar-refractivity contribution in [2.75, 3.05) is 18.8 Å². The second kappa shape index (κ2) is 8.34. The van der Waals surface area contributed by atoms with Crippen LogP contribution in [-0.2, 0) is 11.3 Å². The summed E-state index contributed by atoms with van der Waals surface area (Å²) in [5.74, 6) is 0.895. The number of aryl methyl sites for hydroxylation is 1. The van der Waals surface area contributed by atoms with Crippen LogP contribution < -0.4 is 5.73 Å². The summed E-state index contributed by atoms with van der Waals surface area (Å²) in [4.78, 5) is 14.0. The number of hydrogen-bond donors (Lipinski definition) is 1. The molecule has 1 amide bonds. The van der Waals surface area contributed by atoms with Crippen LogP contribution in [0.4, 0.5) is 10.6 Å². The van der Waals surface area contributed by atoms with Gasteiger partial charge in [-0.05, 0) is 52.0 Å². The zero-order valence-electron chi connectivity index (χ0n) is 16.6. The van der Waals surface area contributed by atoms with E-state index in [1.807, 2.05) is 31.6 Å². The number of anilines is 1. The Kier molecular flexibility index (Phi) is 6.07. The number of ether oxygens (including phenoxy) is 1. The van der Waals surface area contributed by atoms with Crippen LogP contribution in [0.25, 0.3) is 11.1 Å². The highest BCUT2D eigenvalue weighted by Crippen LogP contribution is 2.26. The van der Waals surface area contributed by atoms with Crippen molar-refractivity contribution in [1.29, 1.82) is 0 Å². The van der Waals surface area contributed by atoms with Gasteiger partial charge in [-0.15, -0.1) is 10.2 Å². The number of carbonyl (C=O) groups excluding carboxylic acids is 1. The third-order valence-electron chi connectivity index (χ3n) is 4.77. The molecular weight excluding hydrogens is 380 g/mol. The van der Waals surface area contributed by atoms with Gasteiger partial charge in [-0.1, -0.05) is 11.6 Å². The Morgan fingerprint density at radius 2 is 2.04 bits per heavy atom. The fourth-order valence-corrected chi connectivity index (χ4v) is 3.43. The number of piperidine rings is 1. The molecule has 0 radical (unpaired) electrons. The maximum absolute atomic E-state index is 12.1. The molecule has 1 aliphatic rings. The Morgan fingerprint density at radius 3 is 2.71 bits per heavy atom. The molecule has 152 valence electrons. The van der Waals surface area contributed by atoms with Gasteiger partial charge in [-0.3, -0.25) is 4.68 Å². The zero-order chi connectivity index (χ0) is 20.3. The minimum atomic E-state index is -0.455. The van der Waals surface area contributed by atoms with E-state index in [1.165, 1.54) is 0 Å². The lowest BCUT2D eigenvalue weighted by atomic mass is 9.94. The van der Waals surface area contributed by atoms with Gasteiger partial charge in [0.15, 0.2) is 11.0 Å². The van der Waals surface area contributed by atoms with Crippen LogP contribution >= 0.6 is 11.6 Å². The standard InChI is InChI=1S/C19H27ClN6O2/c1-19(2,3)28-18(27)25-7-4-13(5-8-25)6-9-26-12-14(11-22-26)15-10-16(20)23-24-17(15)21/h10-13H,4-9H2,1-3H3,(H2,21,24). The molecule has 1 aliphatic heterocycles. The molecule has 28 heavy (non-hydrogen) atoms. The summed E-state index contributed by atoms with van der Waals surface area (Å²) in [5.41, 5.74) is 7.03. The summed E-state index contributed by atoms with van der Waals surface area (Å²) >= 11 is 5.91. The Morgan fingerprint density at radius 1 is 1.32 bits per heavy atom. The topological polar surface area (TPSA) is 99.2 Å². The molecular formula is C19H27ClN6O2. The minimum Gasteiger partial charge on any atom is -0.444 e. The molecule has 2 aromatic rings. The lowest BCUT2D eigenvalue weighted by Gasteiger charge is -2.33. The maximum Gasteiger partial charge on any atom is 0.410 e. The van der Waals surface area contributed by atoms with Crippen LogP contribution in [0, 0.1) is 5.92 Å². The van der Waals surface area contributed by atoms with E-state index in [9.17, 15) is 4.79 Å². The van der Waals surface area contributed by atoms with E-state index in [1.54, 1.807) is 17.2 Å². The molecule has 0 aromatic carbocycles. The maximum atomic E-state index is 12.1. The summed E-state index contributed by atoms with van der Waals surface area (Å²) in [5, 5.41) is 12.3. The minimum absolute atomic E-state index is 0.218. The second-order valence-electron chi connectivity index (χ2n) is 8.16. The molecule has 3 heterocycles. The van der Waals surface area contributed by atoms with Crippen LogP contribution in [0.3, 0.4) is 0 Å². The number of rotatable bonds is 4. The molecule has 0 saturated carbocycles. The molecule has 1 fully saturated rings. The first-order chi connectivity index (χ1) is 13.2. The normalized spacial score (nSPS) is 15.6. The van der Waals surface area contributed by atoms with Crippen molar-refractivity contribution in [2.24, 2.45) is 5.92 Å². The van der Waals surface area contributed by atoms with Gasteiger partial charge in [0.1, 0.15) is 5.60 Å². The van der Waals surface area contributed by atoms with Gasteiger partial charge in [0.25, 0.3) is 0 Å². The Labute approximate surface area is 170 Å². The first-order valence-electron chi connectivity index (χ1n) is 9.51. The van der Waals surface area contributed by atoms with Crippen molar-refractivity contribution < 1.29 is 9.53 Å². The van der Waals surface area contributed by atoms with Crippen molar-refractivity contribution in [3.05, 3.63) is 23.6 Å². The van der Waals surface area contributed by atoms with Crippen molar-refractivity contribution in [1.82, 2.24) is 24.9 Å². The number of amides is 1. The first kappa shape index (κ1) is 20.4. The third-order valence-corrected chi connectivity index (χ3v) is 4.95. The van der Waals surface area contributed by atoms with Crippen molar-refractivity contribution in [3.8, 4) is 11.1 Å². The van der Waals surface area contributed by atoms with Crippen LogP contribution in [0.15, 0.2) is 18.5 Å². The number of hydrogen-bond acceptors (Lipinski definition) is 6. The largest absolute Gasteiger partial charge is 0.444 e. The van der Waals surface area contributed by atoms with E-state index in [0.29, 0.717) is 16.9 Å². The van der Waals surface area contributed by atoms with Crippen molar-refractivity contribution in [3.63, 3.8) is 0 Å². The van der Waals surface area contributed by atoms with Gasteiger partial charge >= 0.3 is 6.09 Å². The van der Waals surface area contributed by atoms with E-state index in [-0.39, 0.29) is 6.09 Å². The van der Waals surface area contributed by atoms with Gasteiger partial charge < -0.3 is 15.4 Å². The van der Waals surface area contributed by atoms with Gasteiger partial charge in [0.2, 0.25) is 0 Å². The predicted molar refractivity (Wildman–Crippen MR) is 108 cm³/mol. The monoisotopic (exact) mass is 406 g/mol. The van der Waals surface area contributed by atoms with Crippen LogP contribution in [0.5, 0.6) is 0 Å². The highest BCUT2D eigenvalue weighted by molar-refractivity contribution is 6.29. The van der Waals surface area contributed by atoms with Gasteiger partial charge in [0.05, 0.1) is 6.20 Å². The molecule has 0 aliphatic carbocycles. The number of nitrogens with zero attached hydrogens (tertiary/aromatic N) is 5. The average Bonchev–Trinajstić information content (AvgIpc) is 3.10. The summed E-state index contributed by atoms with van der Waals surface area (Å²) < 4.78 is 7.35. The van der Waals surface area contributed by atoms with E-state index in [2.05, 4.69) is 15.3 Å². The first-order valence-corrected chi connectivity index (χ1v) is 9.88. The second-order valence-corrected chi connectivity index (χ2v) is 8.54. The van der Waals surface area contributed by atoms with Crippen LogP contribution in [0.1, 0.15) is 40.0 Å². The van der Waals surface area contributed by atoms with Gasteiger partial charge in [-0.2, -0.15) is 5.10 Å². The number of nitrogens with two attached hydrogens (primary N) is 1. The lowest BCUT2D eigenvalue weighted by molar-refractivity contribution is 0.0179. The molecule has 0 atom stereocenters. The quantitative estimate of drug-likeness (QED) is 0.832. The number of nitrogen functional groups attached to an aromatic ring is 1. The SMILES string of the molecule is CC(C)(C)OC(=O)N1CCC(CCn2cc(-c3cc(Cl)nnc3N)cn2)CC1. The summed E-state index contributed by atoms with van der Waals surface area (Å²) in [6.45, 7) is 7.95. The predicted octanol–water partition coefficient (Wildman–Crippen LogP) is 3.61. The number of halogens is 1. The smallest absolute Gasteiger partial charge is 0.410 e. The van der Waals surface area contributed by atoms with Gasteiger partial charge in [-0.25, -0.2) is 4.79 Å². The number of likely N-dealkylation sites (tertiary alicyclic amines) is 1. The summed E-state index contributed by atoms with van der Waals surface area (Å²) in [7, 11) is 0. The fraction of sp³-hybridized carbons (Fsp3) is 0.579. The molecule has 3 rings (SSSR count). The Hall–Kier alpha value is -2.35.